The Bertz CT molecular complexity index is 617. The van der Waals surface area contributed by atoms with Gasteiger partial charge in [-0.15, -0.1) is 0 Å². The molecule has 5 heteroatoms. The first-order chi connectivity index (χ1) is 10.1. The van der Waals surface area contributed by atoms with Crippen LogP contribution in [0.4, 0.5) is 14.5 Å². The molecule has 0 unspecified atom stereocenters. The highest BCUT2D eigenvalue weighted by Crippen LogP contribution is 2.15. The molecule has 2 aromatic carbocycles. The molecule has 0 saturated heterocycles. The zero-order valence-corrected chi connectivity index (χ0v) is 11.6. The quantitative estimate of drug-likeness (QED) is 0.887. The normalized spacial score (nSPS) is 12.0. The van der Waals surface area contributed by atoms with E-state index in [0.29, 0.717) is 0 Å². The molecule has 1 amide bonds. The Hall–Kier alpha value is -2.27. The maximum Gasteiger partial charge on any atom is 0.238 e. The summed E-state index contributed by atoms with van der Waals surface area (Å²) in [5.74, 6) is -1.69. The molecule has 1 atom stereocenters. The Morgan fingerprint density at radius 3 is 2.57 bits per heavy atom. The Morgan fingerprint density at radius 1 is 1.14 bits per heavy atom. The molecule has 3 nitrogen and oxygen atoms in total. The Morgan fingerprint density at radius 2 is 1.86 bits per heavy atom. The highest BCUT2D eigenvalue weighted by Gasteiger charge is 2.10. The number of hydrogen-bond donors (Lipinski definition) is 2. The average Bonchev–Trinajstić information content (AvgIpc) is 2.49. The van der Waals surface area contributed by atoms with Gasteiger partial charge in [0.25, 0.3) is 0 Å². The molecule has 0 saturated carbocycles. The van der Waals surface area contributed by atoms with Gasteiger partial charge in [-0.25, -0.2) is 8.78 Å². The van der Waals surface area contributed by atoms with Gasteiger partial charge >= 0.3 is 0 Å². The number of anilines is 1. The monoisotopic (exact) mass is 290 g/mol. The molecule has 110 valence electrons. The fourth-order valence-corrected chi connectivity index (χ4v) is 1.89. The van der Waals surface area contributed by atoms with E-state index in [1.807, 2.05) is 37.3 Å². The Labute approximate surface area is 122 Å². The van der Waals surface area contributed by atoms with Crippen LogP contribution in [-0.4, -0.2) is 12.5 Å². The molecular weight excluding hydrogens is 274 g/mol. The van der Waals surface area contributed by atoms with Crippen LogP contribution in [0, 0.1) is 11.6 Å². The molecule has 0 aliphatic heterocycles. The minimum Gasteiger partial charge on any atom is -0.322 e. The van der Waals surface area contributed by atoms with Crippen molar-refractivity contribution in [1.82, 2.24) is 5.32 Å². The van der Waals surface area contributed by atoms with Crippen molar-refractivity contribution in [3.05, 3.63) is 65.7 Å². The minimum atomic E-state index is -0.666. The summed E-state index contributed by atoms with van der Waals surface area (Å²) in [6, 6.07) is 12.5. The topological polar surface area (TPSA) is 41.1 Å². The van der Waals surface area contributed by atoms with Crippen LogP contribution in [0.3, 0.4) is 0 Å². The molecule has 0 radical (unpaired) electrons. The van der Waals surface area contributed by atoms with Crippen molar-refractivity contribution < 1.29 is 13.6 Å². The van der Waals surface area contributed by atoms with Crippen LogP contribution in [-0.2, 0) is 4.79 Å². The first-order valence-electron chi connectivity index (χ1n) is 6.59. The van der Waals surface area contributed by atoms with Gasteiger partial charge in [-0.05, 0) is 24.6 Å². The fourth-order valence-electron chi connectivity index (χ4n) is 1.89. The molecule has 0 heterocycles. The summed E-state index contributed by atoms with van der Waals surface area (Å²) >= 11 is 0. The van der Waals surface area contributed by atoms with E-state index >= 15 is 0 Å². The lowest BCUT2D eigenvalue weighted by Crippen LogP contribution is -2.30. The highest BCUT2D eigenvalue weighted by molar-refractivity contribution is 5.92. The second kappa shape index (κ2) is 6.95. The summed E-state index contributed by atoms with van der Waals surface area (Å²) in [6.45, 7) is 1.93. The van der Waals surface area contributed by atoms with Gasteiger partial charge in [0.15, 0.2) is 0 Å². The molecule has 0 spiro atoms. The molecule has 2 rings (SSSR count). The van der Waals surface area contributed by atoms with Gasteiger partial charge < -0.3 is 10.6 Å². The van der Waals surface area contributed by atoms with Crippen LogP contribution in [0.1, 0.15) is 18.5 Å². The zero-order chi connectivity index (χ0) is 15.2. The van der Waals surface area contributed by atoms with E-state index in [0.717, 1.165) is 23.8 Å². The summed E-state index contributed by atoms with van der Waals surface area (Å²) in [7, 11) is 0. The maximum atomic E-state index is 13.4. The summed E-state index contributed by atoms with van der Waals surface area (Å²) in [5.41, 5.74) is 0.886. The SMILES string of the molecule is C[C@H](NCC(=O)Nc1cc(F)ccc1F)c1ccccc1. The molecule has 0 aliphatic carbocycles. The van der Waals surface area contributed by atoms with Gasteiger partial charge in [-0.1, -0.05) is 30.3 Å². The summed E-state index contributed by atoms with van der Waals surface area (Å²) in [4.78, 5) is 11.7. The number of nitrogens with one attached hydrogen (secondary N) is 2. The van der Waals surface area contributed by atoms with Gasteiger partial charge in [0.2, 0.25) is 5.91 Å². The van der Waals surface area contributed by atoms with Crippen LogP contribution < -0.4 is 10.6 Å². The predicted octanol–water partition coefficient (Wildman–Crippen LogP) is 3.25. The molecule has 21 heavy (non-hydrogen) atoms. The van der Waals surface area contributed by atoms with Crippen LogP contribution in [0.15, 0.2) is 48.5 Å². The van der Waals surface area contributed by atoms with E-state index < -0.39 is 17.5 Å². The average molecular weight is 290 g/mol. The predicted molar refractivity (Wildman–Crippen MR) is 77.8 cm³/mol. The number of benzene rings is 2. The molecule has 2 aromatic rings. The summed E-state index contributed by atoms with van der Waals surface area (Å²) in [6.07, 6.45) is 0. The number of hydrogen-bond acceptors (Lipinski definition) is 2. The van der Waals surface area contributed by atoms with Crippen molar-refractivity contribution in [1.29, 1.82) is 0 Å². The van der Waals surface area contributed by atoms with Crippen LogP contribution in [0.2, 0.25) is 0 Å². The number of carbonyl (C=O) groups is 1. The second-order valence-electron chi connectivity index (χ2n) is 4.69. The van der Waals surface area contributed by atoms with Gasteiger partial charge in [0.1, 0.15) is 11.6 Å². The van der Waals surface area contributed by atoms with Crippen LogP contribution in [0.25, 0.3) is 0 Å². The fraction of sp³-hybridized carbons (Fsp3) is 0.188. The highest BCUT2D eigenvalue weighted by atomic mass is 19.1. The minimum absolute atomic E-state index is 0.00597. The largest absolute Gasteiger partial charge is 0.322 e. The smallest absolute Gasteiger partial charge is 0.238 e. The zero-order valence-electron chi connectivity index (χ0n) is 11.6. The number of halogens is 2. The van der Waals surface area contributed by atoms with Gasteiger partial charge in [-0.2, -0.15) is 0 Å². The molecule has 0 fully saturated rings. The van der Waals surface area contributed by atoms with Gasteiger partial charge in [0, 0.05) is 12.1 Å². The van der Waals surface area contributed by atoms with Crippen molar-refractivity contribution >= 4 is 11.6 Å². The van der Waals surface area contributed by atoms with Crippen molar-refractivity contribution in [2.75, 3.05) is 11.9 Å². The number of rotatable bonds is 5. The third-order valence-electron chi connectivity index (χ3n) is 3.07. The van der Waals surface area contributed by atoms with E-state index in [1.165, 1.54) is 0 Å². The van der Waals surface area contributed by atoms with Gasteiger partial charge in [0.05, 0.1) is 12.2 Å². The van der Waals surface area contributed by atoms with E-state index in [9.17, 15) is 13.6 Å². The second-order valence-corrected chi connectivity index (χ2v) is 4.69. The van der Waals surface area contributed by atoms with Crippen molar-refractivity contribution in [2.24, 2.45) is 0 Å². The lowest BCUT2D eigenvalue weighted by molar-refractivity contribution is -0.115. The van der Waals surface area contributed by atoms with Crippen LogP contribution in [0.5, 0.6) is 0 Å². The summed E-state index contributed by atoms with van der Waals surface area (Å²) < 4.78 is 26.4. The Kier molecular flexibility index (Phi) is 5.00. The first-order valence-corrected chi connectivity index (χ1v) is 6.59. The number of carbonyl (C=O) groups excluding carboxylic acids is 1. The van der Waals surface area contributed by atoms with E-state index in [1.54, 1.807) is 0 Å². The molecule has 0 bridgehead atoms. The standard InChI is InChI=1S/C16H16F2N2O/c1-11(12-5-3-2-4-6-12)19-10-16(21)20-15-9-13(17)7-8-14(15)18/h2-9,11,19H,10H2,1H3,(H,20,21)/t11-/m0/s1. The molecule has 2 N–H and O–H groups in total. The van der Waals surface area contributed by atoms with Crippen molar-refractivity contribution in [3.63, 3.8) is 0 Å². The first kappa shape index (κ1) is 15.1. The van der Waals surface area contributed by atoms with Crippen LogP contribution >= 0.6 is 0 Å². The summed E-state index contributed by atoms with van der Waals surface area (Å²) in [5, 5.41) is 5.37. The maximum absolute atomic E-state index is 13.4. The molecule has 0 aromatic heterocycles. The van der Waals surface area contributed by atoms with Crippen molar-refractivity contribution in [3.8, 4) is 0 Å². The lowest BCUT2D eigenvalue weighted by atomic mass is 10.1. The lowest BCUT2D eigenvalue weighted by Gasteiger charge is -2.14. The van der Waals surface area contributed by atoms with Gasteiger partial charge in [-0.3, -0.25) is 4.79 Å². The number of amides is 1. The molecule has 0 aliphatic rings. The third kappa shape index (κ3) is 4.36. The van der Waals surface area contributed by atoms with E-state index in [-0.39, 0.29) is 18.3 Å². The third-order valence-corrected chi connectivity index (χ3v) is 3.07. The Balaban J connectivity index is 1.89. The molecular formula is C16H16F2N2O. The van der Waals surface area contributed by atoms with E-state index in [2.05, 4.69) is 10.6 Å². The van der Waals surface area contributed by atoms with E-state index in [4.69, 9.17) is 0 Å². The van der Waals surface area contributed by atoms with Crippen molar-refractivity contribution in [2.45, 2.75) is 13.0 Å².